The Hall–Kier alpha value is -3.25. The van der Waals surface area contributed by atoms with Crippen LogP contribution in [-0.2, 0) is 6.42 Å². The number of benzene rings is 2. The molecule has 2 heterocycles. The number of nitrogens with zero attached hydrogens (tertiary/aromatic N) is 2. The van der Waals surface area contributed by atoms with Crippen molar-refractivity contribution in [2.24, 2.45) is 0 Å². The lowest BCUT2D eigenvalue weighted by Crippen LogP contribution is -2.33. The van der Waals surface area contributed by atoms with Crippen molar-refractivity contribution in [1.82, 2.24) is 15.1 Å². The number of aryl methyl sites for hydroxylation is 1. The quantitative estimate of drug-likeness (QED) is 0.461. The molecule has 1 unspecified atom stereocenters. The van der Waals surface area contributed by atoms with Gasteiger partial charge < -0.3 is 5.32 Å². The van der Waals surface area contributed by atoms with E-state index >= 15 is 0 Å². The summed E-state index contributed by atoms with van der Waals surface area (Å²) in [6.45, 7) is 5.89. The molecule has 31 heavy (non-hydrogen) atoms. The van der Waals surface area contributed by atoms with Crippen molar-refractivity contribution < 1.29 is 4.79 Å². The molecule has 5 nitrogen and oxygen atoms in total. The maximum Gasteiger partial charge on any atom is 0.274 e. The minimum absolute atomic E-state index is 0.154. The van der Waals surface area contributed by atoms with Gasteiger partial charge in [-0.1, -0.05) is 55.5 Å². The Balaban J connectivity index is 1.78. The first kappa shape index (κ1) is 21.0. The highest BCUT2D eigenvalue weighted by Crippen LogP contribution is 2.27. The van der Waals surface area contributed by atoms with Crippen LogP contribution in [0.15, 0.2) is 70.8 Å². The second kappa shape index (κ2) is 8.86. The molecule has 4 aromatic rings. The zero-order valence-corrected chi connectivity index (χ0v) is 18.6. The largest absolute Gasteiger partial charge is 0.339 e. The van der Waals surface area contributed by atoms with Gasteiger partial charge in [0.1, 0.15) is 0 Å². The van der Waals surface area contributed by atoms with Crippen molar-refractivity contribution >= 4 is 28.0 Å². The first-order valence-electron chi connectivity index (χ1n) is 10.4. The van der Waals surface area contributed by atoms with E-state index < -0.39 is 0 Å². The van der Waals surface area contributed by atoms with Crippen LogP contribution >= 0.6 is 11.3 Å². The average Bonchev–Trinajstić information content (AvgIpc) is 3.32. The summed E-state index contributed by atoms with van der Waals surface area (Å²) in [5, 5.41) is 10.7. The molecule has 0 aliphatic heterocycles. The topological polar surface area (TPSA) is 64.0 Å². The summed E-state index contributed by atoms with van der Waals surface area (Å²) in [5.74, 6) is -0.302. The highest BCUT2D eigenvalue weighted by atomic mass is 32.1. The molecular formula is C25H25N3O2S. The van der Waals surface area contributed by atoms with E-state index in [1.165, 1.54) is 10.2 Å². The lowest BCUT2D eigenvalue weighted by Gasteiger charge is -2.20. The summed E-state index contributed by atoms with van der Waals surface area (Å²) in [7, 11) is 0. The molecule has 0 fully saturated rings. The number of carbonyl (C=O) groups excluding carboxylic acids is 1. The number of carbonyl (C=O) groups is 1. The van der Waals surface area contributed by atoms with Gasteiger partial charge in [-0.05, 0) is 48.9 Å². The predicted molar refractivity (Wildman–Crippen MR) is 126 cm³/mol. The molecule has 1 atom stereocenters. The molecule has 2 aromatic heterocycles. The molecule has 0 saturated carbocycles. The Morgan fingerprint density at radius 1 is 1.03 bits per heavy atom. The van der Waals surface area contributed by atoms with Crippen LogP contribution in [0.25, 0.3) is 10.8 Å². The van der Waals surface area contributed by atoms with Gasteiger partial charge in [0.15, 0.2) is 5.69 Å². The van der Waals surface area contributed by atoms with E-state index in [1.807, 2.05) is 37.4 Å². The molecule has 0 aliphatic rings. The average molecular weight is 432 g/mol. The highest BCUT2D eigenvalue weighted by Gasteiger charge is 2.23. The third kappa shape index (κ3) is 4.16. The monoisotopic (exact) mass is 431 g/mol. The van der Waals surface area contributed by atoms with E-state index in [4.69, 9.17) is 0 Å². The fourth-order valence-electron chi connectivity index (χ4n) is 3.64. The maximum atomic E-state index is 13.5. The molecule has 1 amide bonds. The number of hydrogen-bond acceptors (Lipinski definition) is 4. The Morgan fingerprint density at radius 3 is 2.35 bits per heavy atom. The van der Waals surface area contributed by atoms with Crippen molar-refractivity contribution in [2.45, 2.75) is 39.3 Å². The van der Waals surface area contributed by atoms with Gasteiger partial charge >= 0.3 is 0 Å². The van der Waals surface area contributed by atoms with Crippen molar-refractivity contribution in [3.63, 3.8) is 0 Å². The van der Waals surface area contributed by atoms with E-state index in [-0.39, 0.29) is 29.2 Å². The van der Waals surface area contributed by atoms with Crippen LogP contribution in [0.4, 0.5) is 0 Å². The molecule has 0 saturated heterocycles. The molecule has 158 valence electrons. The molecule has 0 aliphatic carbocycles. The zero-order valence-electron chi connectivity index (χ0n) is 17.8. The van der Waals surface area contributed by atoms with Gasteiger partial charge in [-0.3, -0.25) is 9.59 Å². The van der Waals surface area contributed by atoms with Gasteiger partial charge in [-0.15, -0.1) is 11.3 Å². The van der Waals surface area contributed by atoms with Crippen LogP contribution in [0.3, 0.4) is 0 Å². The third-order valence-corrected chi connectivity index (χ3v) is 6.29. The Kier molecular flexibility index (Phi) is 6.00. The molecule has 6 heteroatoms. The summed E-state index contributed by atoms with van der Waals surface area (Å²) in [6, 6.07) is 19.0. The number of hydrogen-bond donors (Lipinski definition) is 1. The van der Waals surface area contributed by atoms with E-state index in [9.17, 15) is 9.59 Å². The van der Waals surface area contributed by atoms with Crippen molar-refractivity contribution in [3.05, 3.63) is 98.1 Å². The lowest BCUT2D eigenvalue weighted by molar-refractivity contribution is 0.0937. The summed E-state index contributed by atoms with van der Waals surface area (Å²) >= 11 is 1.60. The van der Waals surface area contributed by atoms with Gasteiger partial charge in [0, 0.05) is 10.3 Å². The molecule has 1 N–H and O–H groups in total. The fourth-order valence-corrected chi connectivity index (χ4v) is 4.45. The molecule has 0 spiro atoms. The van der Waals surface area contributed by atoms with Crippen molar-refractivity contribution in [1.29, 1.82) is 0 Å². The molecule has 4 rings (SSSR count). The summed E-state index contributed by atoms with van der Waals surface area (Å²) in [5.41, 5.74) is 2.33. The Labute approximate surface area is 185 Å². The van der Waals surface area contributed by atoms with Crippen molar-refractivity contribution in [2.75, 3.05) is 0 Å². The highest BCUT2D eigenvalue weighted by molar-refractivity contribution is 7.10. The Morgan fingerprint density at radius 2 is 1.74 bits per heavy atom. The zero-order chi connectivity index (χ0) is 22.0. The predicted octanol–water partition coefficient (Wildman–Crippen LogP) is 5.12. The number of amides is 1. The number of fused-ring (bicyclic) bond motifs is 1. The maximum absolute atomic E-state index is 13.5. The van der Waals surface area contributed by atoms with E-state index in [2.05, 4.69) is 41.6 Å². The standard InChI is InChI=1S/C25H25N3O2S/c1-4-17-11-13-18(14-12-17)22(21-10-7-15-31-21)26-24(29)23-19-8-5-6-9-20(19)25(30)28(27-23)16(2)3/h5-16,22H,4H2,1-3H3,(H,26,29). The molecule has 2 aromatic carbocycles. The molecule has 0 radical (unpaired) electrons. The first-order valence-corrected chi connectivity index (χ1v) is 11.3. The fraction of sp³-hybridized carbons (Fsp3) is 0.240. The Bertz CT molecular complexity index is 1260. The van der Waals surface area contributed by atoms with Gasteiger partial charge in [0.25, 0.3) is 11.5 Å². The second-order valence-corrected chi connectivity index (χ2v) is 8.73. The van der Waals surface area contributed by atoms with Crippen LogP contribution in [0.2, 0.25) is 0 Å². The van der Waals surface area contributed by atoms with Crippen LogP contribution in [0, 0.1) is 0 Å². The van der Waals surface area contributed by atoms with Gasteiger partial charge in [0.2, 0.25) is 0 Å². The molecular weight excluding hydrogens is 406 g/mol. The van der Waals surface area contributed by atoms with Crippen LogP contribution < -0.4 is 10.9 Å². The summed E-state index contributed by atoms with van der Waals surface area (Å²) < 4.78 is 1.38. The number of rotatable bonds is 6. The minimum Gasteiger partial charge on any atom is -0.339 e. The smallest absolute Gasteiger partial charge is 0.274 e. The van der Waals surface area contributed by atoms with Gasteiger partial charge in [-0.2, -0.15) is 5.10 Å². The first-order chi connectivity index (χ1) is 15.0. The van der Waals surface area contributed by atoms with E-state index in [0.29, 0.717) is 10.8 Å². The van der Waals surface area contributed by atoms with Crippen LogP contribution in [0.5, 0.6) is 0 Å². The van der Waals surface area contributed by atoms with E-state index in [1.54, 1.807) is 29.5 Å². The number of thiophene rings is 1. The van der Waals surface area contributed by atoms with Crippen molar-refractivity contribution in [3.8, 4) is 0 Å². The minimum atomic E-state index is -0.302. The number of nitrogens with one attached hydrogen (secondary N) is 1. The second-order valence-electron chi connectivity index (χ2n) is 7.75. The third-order valence-electron chi connectivity index (χ3n) is 5.36. The van der Waals surface area contributed by atoms with Gasteiger partial charge in [0.05, 0.1) is 17.5 Å². The van der Waals surface area contributed by atoms with Crippen LogP contribution in [0.1, 0.15) is 59.3 Å². The molecule has 0 bridgehead atoms. The van der Waals surface area contributed by atoms with Crippen LogP contribution in [-0.4, -0.2) is 15.7 Å². The lowest BCUT2D eigenvalue weighted by atomic mass is 10.0. The van der Waals surface area contributed by atoms with E-state index in [0.717, 1.165) is 16.9 Å². The number of aromatic nitrogens is 2. The summed E-state index contributed by atoms with van der Waals surface area (Å²) in [4.78, 5) is 27.3. The summed E-state index contributed by atoms with van der Waals surface area (Å²) in [6.07, 6.45) is 0.961. The SMILES string of the molecule is CCc1ccc(C(NC(=O)c2nn(C(C)C)c(=O)c3ccccc23)c2cccs2)cc1. The van der Waals surface area contributed by atoms with Gasteiger partial charge in [-0.25, -0.2) is 4.68 Å². The normalized spacial score (nSPS) is 12.3.